The van der Waals surface area contributed by atoms with Gasteiger partial charge in [-0.3, -0.25) is 9.80 Å². The van der Waals surface area contributed by atoms with Crippen LogP contribution in [0.15, 0.2) is 0 Å². The van der Waals surface area contributed by atoms with E-state index < -0.39 is 0 Å². The minimum atomic E-state index is 0.507. The van der Waals surface area contributed by atoms with Gasteiger partial charge >= 0.3 is 0 Å². The molecule has 2 heteroatoms. The highest BCUT2D eigenvalue weighted by Crippen LogP contribution is 2.65. The molecule has 0 N–H and O–H groups in total. The fourth-order valence-electron chi connectivity index (χ4n) is 21.7. The molecule has 0 bridgehead atoms. The molecule has 0 saturated heterocycles. The lowest BCUT2D eigenvalue weighted by Crippen LogP contribution is -2.55. The van der Waals surface area contributed by atoms with E-state index in [1.54, 1.807) is 141 Å². The zero-order valence-electron chi connectivity index (χ0n) is 43.5. The third-order valence-corrected chi connectivity index (χ3v) is 24.8. The molecule has 2 nitrogen and oxygen atoms in total. The molecule has 11 aliphatic rings. The molecule has 0 aromatic rings. The maximum Gasteiger partial charge on any atom is 0.0104 e. The molecule has 0 aromatic carbocycles. The summed E-state index contributed by atoms with van der Waals surface area (Å²) in [7, 11) is 0. The van der Waals surface area contributed by atoms with Crippen LogP contribution in [0.1, 0.15) is 284 Å². The van der Waals surface area contributed by atoms with Gasteiger partial charge in [0, 0.05) is 36.3 Å². The van der Waals surface area contributed by atoms with Crippen LogP contribution < -0.4 is 0 Å². The Morgan fingerprint density at radius 3 is 0.754 bits per heavy atom. The third kappa shape index (κ3) is 10.3. The maximum atomic E-state index is 3.47. The Balaban J connectivity index is 0.828. The van der Waals surface area contributed by atoms with E-state index in [1.807, 2.05) is 0 Å². The van der Waals surface area contributed by atoms with Gasteiger partial charge in [-0.15, -0.1) is 0 Å². The molecule has 0 radical (unpaired) electrons. The second kappa shape index (κ2) is 21.7. The van der Waals surface area contributed by atoms with Crippen LogP contribution in [0, 0.1) is 76.4 Å². The molecule has 0 spiro atoms. The zero-order chi connectivity index (χ0) is 43.7. The van der Waals surface area contributed by atoms with Gasteiger partial charge in [-0.1, -0.05) is 194 Å². The molecule has 0 aliphatic heterocycles. The smallest absolute Gasteiger partial charge is 0.0104 e. The van der Waals surface area contributed by atoms with Crippen molar-refractivity contribution in [3.8, 4) is 0 Å². The molecule has 370 valence electrons. The van der Waals surface area contributed by atoms with E-state index in [1.165, 1.54) is 128 Å². The first-order valence-electron chi connectivity index (χ1n) is 31.5. The van der Waals surface area contributed by atoms with Gasteiger partial charge in [-0.2, -0.15) is 0 Å². The third-order valence-electron chi connectivity index (χ3n) is 24.8. The molecule has 0 heterocycles. The van der Waals surface area contributed by atoms with E-state index in [2.05, 4.69) is 23.6 Å². The predicted octanol–water partition coefficient (Wildman–Crippen LogP) is 17.8. The van der Waals surface area contributed by atoms with Crippen molar-refractivity contribution < 1.29 is 0 Å². The van der Waals surface area contributed by atoms with E-state index in [0.717, 1.165) is 107 Å². The lowest BCUT2D eigenvalue weighted by Gasteiger charge is -2.53. The van der Waals surface area contributed by atoms with Gasteiger partial charge < -0.3 is 0 Å². The summed E-state index contributed by atoms with van der Waals surface area (Å²) < 4.78 is 0. The van der Waals surface area contributed by atoms with Gasteiger partial charge in [-0.25, -0.2) is 0 Å². The van der Waals surface area contributed by atoms with Gasteiger partial charge in [0.1, 0.15) is 0 Å². The van der Waals surface area contributed by atoms with Crippen molar-refractivity contribution in [3.05, 3.63) is 0 Å². The van der Waals surface area contributed by atoms with E-state index in [9.17, 15) is 0 Å². The molecular formula is C63H108N2. The molecule has 0 aromatic heterocycles. The van der Waals surface area contributed by atoms with Crippen molar-refractivity contribution in [2.75, 3.05) is 0 Å². The number of hydrogen-bond acceptors (Lipinski definition) is 2. The maximum absolute atomic E-state index is 3.47. The Morgan fingerprint density at radius 2 is 0.477 bits per heavy atom. The molecule has 11 fully saturated rings. The number of rotatable bonds is 10. The summed E-state index contributed by atoms with van der Waals surface area (Å²) in [5, 5.41) is 0. The van der Waals surface area contributed by atoms with Crippen LogP contribution in [0.25, 0.3) is 0 Å². The minimum Gasteiger partial charge on any atom is -0.294 e. The highest BCUT2D eigenvalue weighted by atomic mass is 15.2. The monoisotopic (exact) mass is 893 g/mol. The summed E-state index contributed by atoms with van der Waals surface area (Å²) in [6.07, 6.45) is 65.2. The lowest BCUT2D eigenvalue weighted by molar-refractivity contribution is -0.0361. The number of nitrogens with zero attached hydrogens (tertiary/aromatic N) is 2. The topological polar surface area (TPSA) is 6.48 Å². The highest BCUT2D eigenvalue weighted by molar-refractivity contribution is 5.10. The highest BCUT2D eigenvalue weighted by Gasteiger charge is 2.59. The van der Waals surface area contributed by atoms with Crippen molar-refractivity contribution in [1.82, 2.24) is 9.80 Å². The van der Waals surface area contributed by atoms with Crippen molar-refractivity contribution in [1.29, 1.82) is 0 Å². The van der Waals surface area contributed by atoms with Crippen LogP contribution in [0.3, 0.4) is 0 Å². The predicted molar refractivity (Wildman–Crippen MR) is 276 cm³/mol. The lowest BCUT2D eigenvalue weighted by atomic mass is 9.65. The van der Waals surface area contributed by atoms with Crippen molar-refractivity contribution in [3.63, 3.8) is 0 Å². The summed E-state index contributed by atoms with van der Waals surface area (Å²) in [6, 6.07) is 5.36. The minimum absolute atomic E-state index is 0.507. The van der Waals surface area contributed by atoms with E-state index >= 15 is 0 Å². The SMILES string of the molecule is CC1(C)C2CC(N(C3CCCC(C4CCCCC4)C3)C3CCCC(C4CCCCC4)C3)CCC2C2CCC(N(C3CCCC(C4CCCCC4)C3)C3CCCC(C4CCCCC4)C3)CC21. The fourth-order valence-corrected chi connectivity index (χ4v) is 21.7. The average Bonchev–Trinajstić information content (AvgIpc) is 3.60. The van der Waals surface area contributed by atoms with Crippen LogP contribution in [-0.2, 0) is 0 Å². The molecule has 11 aliphatic carbocycles. The first kappa shape index (κ1) is 47.3. The zero-order valence-corrected chi connectivity index (χ0v) is 43.5. The summed E-state index contributed by atoms with van der Waals surface area (Å²) in [5.41, 5.74) is 0.507. The standard InChI is InChI=1S/C63H108N2/c1-63(2)61-43-57(64(53-31-15-27-49(39-53)45-19-7-3-8-20-45)54-32-16-28-50(40-54)46-21-9-4-10-22-46)35-37-59(61)60-38-36-58(44-62(60)63)65(55-33-17-29-51(41-55)47-23-11-5-12-24-47)56-34-18-30-52(42-56)48-25-13-6-14-26-48/h45-62H,3-44H2,1-2H3. The molecule has 65 heavy (non-hydrogen) atoms. The second-order valence-electron chi connectivity index (χ2n) is 28.1. The quantitative estimate of drug-likeness (QED) is 0.216. The Bertz CT molecular complexity index is 1260. The Morgan fingerprint density at radius 1 is 0.231 bits per heavy atom. The van der Waals surface area contributed by atoms with Gasteiger partial charge in [0.05, 0.1) is 0 Å². The van der Waals surface area contributed by atoms with Gasteiger partial charge in [0.25, 0.3) is 0 Å². The fraction of sp³-hybridized carbons (Fsp3) is 1.00. The first-order chi connectivity index (χ1) is 32.0. The molecule has 11 rings (SSSR count). The van der Waals surface area contributed by atoms with Gasteiger partial charge in [0.2, 0.25) is 0 Å². The summed E-state index contributed by atoms with van der Waals surface area (Å²) in [5.74, 6) is 12.4. The second-order valence-corrected chi connectivity index (χ2v) is 28.1. The average molecular weight is 894 g/mol. The van der Waals surface area contributed by atoms with Gasteiger partial charge in [0.15, 0.2) is 0 Å². The van der Waals surface area contributed by atoms with Crippen LogP contribution in [0.4, 0.5) is 0 Å². The Labute approximate surface area is 404 Å². The molecule has 14 unspecified atom stereocenters. The number of fused-ring (bicyclic) bond motifs is 3. The first-order valence-corrected chi connectivity index (χ1v) is 31.5. The molecule has 14 atom stereocenters. The Hall–Kier alpha value is -0.0800. The molecular weight excluding hydrogens is 785 g/mol. The molecule has 0 amide bonds. The van der Waals surface area contributed by atoms with Crippen LogP contribution in [-0.4, -0.2) is 46.1 Å². The van der Waals surface area contributed by atoms with Crippen LogP contribution in [0.2, 0.25) is 0 Å². The van der Waals surface area contributed by atoms with Gasteiger partial charge in [-0.05, 0) is 166 Å². The van der Waals surface area contributed by atoms with Crippen molar-refractivity contribution >= 4 is 0 Å². The van der Waals surface area contributed by atoms with Crippen LogP contribution in [0.5, 0.6) is 0 Å². The summed E-state index contributed by atoms with van der Waals surface area (Å²) in [4.78, 5) is 6.95. The van der Waals surface area contributed by atoms with E-state index in [4.69, 9.17) is 0 Å². The van der Waals surface area contributed by atoms with E-state index in [-0.39, 0.29) is 0 Å². The largest absolute Gasteiger partial charge is 0.294 e. The van der Waals surface area contributed by atoms with E-state index in [0.29, 0.717) is 5.41 Å². The Kier molecular flexibility index (Phi) is 15.8. The number of hydrogen-bond donors (Lipinski definition) is 0. The van der Waals surface area contributed by atoms with Crippen molar-refractivity contribution in [2.45, 2.75) is 320 Å². The normalized spacial score (nSPS) is 44.5. The molecule has 11 saturated carbocycles. The summed E-state index contributed by atoms with van der Waals surface area (Å²) >= 11 is 0. The van der Waals surface area contributed by atoms with Crippen molar-refractivity contribution in [2.24, 2.45) is 76.4 Å². The van der Waals surface area contributed by atoms with Crippen LogP contribution >= 0.6 is 0 Å². The summed E-state index contributed by atoms with van der Waals surface area (Å²) in [6.45, 7) is 5.79.